The summed E-state index contributed by atoms with van der Waals surface area (Å²) in [6.45, 7) is 3.44. The third kappa shape index (κ3) is 7.65. The number of carbonyl (C=O) groups is 2. The summed E-state index contributed by atoms with van der Waals surface area (Å²) in [6, 6.07) is 3.60. The van der Waals surface area contributed by atoms with E-state index in [1.54, 1.807) is 0 Å². The number of ether oxygens (including phenoxy) is 1. The summed E-state index contributed by atoms with van der Waals surface area (Å²) in [6.07, 6.45) is 3.57. The van der Waals surface area contributed by atoms with Gasteiger partial charge < -0.3 is 9.64 Å². The molecule has 184 valence electrons. The summed E-state index contributed by atoms with van der Waals surface area (Å²) >= 11 is 0. The van der Waals surface area contributed by atoms with Crippen LogP contribution < -0.4 is 10.1 Å². The van der Waals surface area contributed by atoms with E-state index < -0.39 is 39.0 Å². The molecular weight excluding hydrogens is 454 g/mol. The standard InChI is InChI=1S/C23H32F2N2O5S/c1-23(2,25)18(17-8-9-19(24)20(12-17)32-14-16-6-7-16)15-33(30,31)11-5-3-4-10-27-13-21(28)26-22(27)29/h8-9,12,16,18H,3-7,10-11,13-15H2,1-2H3,(H,26,28,29)/t18-/m0/s1. The van der Waals surface area contributed by atoms with E-state index in [1.807, 2.05) is 0 Å². The number of unbranched alkanes of at least 4 members (excludes halogenated alkanes) is 2. The first-order chi connectivity index (χ1) is 15.4. The molecule has 0 aromatic heterocycles. The van der Waals surface area contributed by atoms with Crippen LogP contribution in [0.1, 0.15) is 57.4 Å². The molecule has 1 aliphatic heterocycles. The predicted octanol–water partition coefficient (Wildman–Crippen LogP) is 3.58. The van der Waals surface area contributed by atoms with Crippen molar-refractivity contribution in [2.24, 2.45) is 5.92 Å². The highest BCUT2D eigenvalue weighted by atomic mass is 32.2. The van der Waals surface area contributed by atoms with Gasteiger partial charge in [-0.05, 0) is 63.1 Å². The zero-order chi connectivity index (χ0) is 24.2. The van der Waals surface area contributed by atoms with Crippen molar-refractivity contribution < 1.29 is 31.5 Å². The number of alkyl halides is 1. The normalized spacial score (nSPS) is 17.9. The lowest BCUT2D eigenvalue weighted by Crippen LogP contribution is -2.31. The summed E-state index contributed by atoms with van der Waals surface area (Å²) in [4.78, 5) is 24.1. The minimum atomic E-state index is -3.59. The van der Waals surface area contributed by atoms with Crippen LogP contribution in [-0.4, -0.2) is 62.1 Å². The molecule has 0 radical (unpaired) electrons. The smallest absolute Gasteiger partial charge is 0.324 e. The van der Waals surface area contributed by atoms with E-state index in [1.165, 1.54) is 36.9 Å². The minimum Gasteiger partial charge on any atom is -0.490 e. The SMILES string of the molecule is CC(C)(F)[C@@H](CS(=O)(=O)CCCCCN1CC(=O)NC1=O)c1ccc(F)c(OCC2CC2)c1. The van der Waals surface area contributed by atoms with Gasteiger partial charge in [-0.2, -0.15) is 0 Å². The van der Waals surface area contributed by atoms with Crippen molar-refractivity contribution in [3.63, 3.8) is 0 Å². The quantitative estimate of drug-likeness (QED) is 0.340. The fraction of sp³-hybridized carbons (Fsp3) is 0.652. The molecule has 33 heavy (non-hydrogen) atoms. The molecular formula is C23H32F2N2O5S. The Morgan fingerprint density at radius 1 is 1.21 bits per heavy atom. The Bertz CT molecular complexity index is 974. The molecule has 3 rings (SSSR count). The van der Waals surface area contributed by atoms with Crippen LogP contribution in [0, 0.1) is 11.7 Å². The van der Waals surface area contributed by atoms with E-state index in [-0.39, 0.29) is 24.0 Å². The molecule has 1 atom stereocenters. The highest BCUT2D eigenvalue weighted by Crippen LogP contribution is 2.36. The van der Waals surface area contributed by atoms with Crippen LogP contribution in [-0.2, 0) is 14.6 Å². The van der Waals surface area contributed by atoms with Gasteiger partial charge >= 0.3 is 6.03 Å². The van der Waals surface area contributed by atoms with Crippen LogP contribution in [0.5, 0.6) is 5.75 Å². The fourth-order valence-corrected chi connectivity index (χ4v) is 5.74. The van der Waals surface area contributed by atoms with Gasteiger partial charge in [-0.1, -0.05) is 12.5 Å². The number of nitrogens with one attached hydrogen (secondary N) is 1. The molecule has 0 bridgehead atoms. The van der Waals surface area contributed by atoms with Gasteiger partial charge in [0.1, 0.15) is 12.2 Å². The van der Waals surface area contributed by atoms with E-state index in [2.05, 4.69) is 5.32 Å². The zero-order valence-corrected chi connectivity index (χ0v) is 19.9. The maximum absolute atomic E-state index is 15.0. The molecule has 1 saturated carbocycles. The van der Waals surface area contributed by atoms with Gasteiger partial charge in [-0.3, -0.25) is 10.1 Å². The van der Waals surface area contributed by atoms with E-state index in [9.17, 15) is 22.4 Å². The monoisotopic (exact) mass is 486 g/mol. The van der Waals surface area contributed by atoms with Crippen LogP contribution in [0.4, 0.5) is 13.6 Å². The van der Waals surface area contributed by atoms with Crippen molar-refractivity contribution in [1.82, 2.24) is 10.2 Å². The van der Waals surface area contributed by atoms with Gasteiger partial charge in [0.2, 0.25) is 5.91 Å². The van der Waals surface area contributed by atoms with Gasteiger partial charge in [-0.15, -0.1) is 0 Å². The second-order valence-corrected chi connectivity index (χ2v) is 11.7. The van der Waals surface area contributed by atoms with Crippen molar-refractivity contribution >= 4 is 21.8 Å². The Balaban J connectivity index is 1.56. The van der Waals surface area contributed by atoms with Gasteiger partial charge in [0.05, 0.1) is 18.1 Å². The number of hydrogen-bond donors (Lipinski definition) is 1. The zero-order valence-electron chi connectivity index (χ0n) is 19.1. The molecule has 10 heteroatoms. The molecule has 0 unspecified atom stereocenters. The van der Waals surface area contributed by atoms with Crippen LogP contribution in [0.3, 0.4) is 0 Å². The Morgan fingerprint density at radius 3 is 2.55 bits per heavy atom. The lowest BCUT2D eigenvalue weighted by atomic mass is 9.87. The number of nitrogens with zero attached hydrogens (tertiary/aromatic N) is 1. The molecule has 1 heterocycles. The first-order valence-electron chi connectivity index (χ1n) is 11.3. The van der Waals surface area contributed by atoms with Gasteiger partial charge in [0.15, 0.2) is 21.4 Å². The number of carbonyl (C=O) groups excluding carboxylic acids is 2. The first-order valence-corrected chi connectivity index (χ1v) is 13.2. The molecule has 1 aromatic rings. The van der Waals surface area contributed by atoms with Crippen LogP contribution in [0.2, 0.25) is 0 Å². The largest absolute Gasteiger partial charge is 0.490 e. The molecule has 7 nitrogen and oxygen atoms in total. The van der Waals surface area contributed by atoms with Crippen molar-refractivity contribution in [2.45, 2.75) is 57.5 Å². The van der Waals surface area contributed by atoms with E-state index >= 15 is 4.39 Å². The highest BCUT2D eigenvalue weighted by molar-refractivity contribution is 7.91. The number of imide groups is 1. The maximum Gasteiger partial charge on any atom is 0.324 e. The average Bonchev–Trinajstić information content (AvgIpc) is 3.48. The topological polar surface area (TPSA) is 92.8 Å². The number of hydrogen-bond acceptors (Lipinski definition) is 5. The van der Waals surface area contributed by atoms with E-state index in [0.717, 1.165) is 12.8 Å². The fourth-order valence-electron chi connectivity index (χ4n) is 3.83. The summed E-state index contributed by atoms with van der Waals surface area (Å²) < 4.78 is 60.3. The number of sulfone groups is 1. The van der Waals surface area contributed by atoms with Crippen molar-refractivity contribution in [3.8, 4) is 5.75 Å². The maximum atomic E-state index is 15.0. The minimum absolute atomic E-state index is 0.0222. The number of amides is 3. The van der Waals surface area contributed by atoms with Crippen molar-refractivity contribution in [1.29, 1.82) is 0 Å². The van der Waals surface area contributed by atoms with E-state index in [0.29, 0.717) is 43.9 Å². The van der Waals surface area contributed by atoms with Crippen molar-refractivity contribution in [2.75, 3.05) is 31.2 Å². The molecule has 1 N–H and O–H groups in total. The highest BCUT2D eigenvalue weighted by Gasteiger charge is 2.35. The third-order valence-electron chi connectivity index (χ3n) is 6.03. The van der Waals surface area contributed by atoms with Crippen LogP contribution >= 0.6 is 0 Å². The van der Waals surface area contributed by atoms with Gasteiger partial charge in [-0.25, -0.2) is 22.0 Å². The average molecular weight is 487 g/mol. The molecule has 0 spiro atoms. The van der Waals surface area contributed by atoms with Crippen LogP contribution in [0.15, 0.2) is 18.2 Å². The number of urea groups is 1. The molecule has 2 aliphatic rings. The molecule has 3 amide bonds. The molecule has 1 saturated heterocycles. The first kappa shape index (κ1) is 25.4. The Kier molecular flexibility index (Phi) is 7.97. The summed E-state index contributed by atoms with van der Waals surface area (Å²) in [7, 11) is -3.59. The molecule has 1 aromatic carbocycles. The summed E-state index contributed by atoms with van der Waals surface area (Å²) in [5.41, 5.74) is -1.45. The second kappa shape index (κ2) is 10.4. The Labute approximate surface area is 193 Å². The van der Waals surface area contributed by atoms with E-state index in [4.69, 9.17) is 4.74 Å². The molecule has 1 aliphatic carbocycles. The summed E-state index contributed by atoms with van der Waals surface area (Å²) in [5.74, 6) is -1.93. The van der Waals surface area contributed by atoms with Gasteiger partial charge in [0, 0.05) is 12.5 Å². The van der Waals surface area contributed by atoms with Crippen molar-refractivity contribution in [3.05, 3.63) is 29.6 Å². The summed E-state index contributed by atoms with van der Waals surface area (Å²) in [5, 5.41) is 2.19. The second-order valence-electron chi connectivity index (χ2n) is 9.51. The van der Waals surface area contributed by atoms with Crippen LogP contribution in [0.25, 0.3) is 0 Å². The number of rotatable bonds is 13. The lowest BCUT2D eigenvalue weighted by molar-refractivity contribution is -0.118. The predicted molar refractivity (Wildman–Crippen MR) is 120 cm³/mol. The lowest BCUT2D eigenvalue weighted by Gasteiger charge is -2.28. The van der Waals surface area contributed by atoms with Gasteiger partial charge in [0.25, 0.3) is 0 Å². The Hall–Kier alpha value is -2.23. The molecule has 2 fully saturated rings. The third-order valence-corrected chi connectivity index (χ3v) is 7.78. The number of benzene rings is 1. The number of halogens is 2. The Morgan fingerprint density at radius 2 is 1.94 bits per heavy atom.